The minimum atomic E-state index is -0.365. The molecular weight excluding hydrogens is 211 g/mol. The Kier molecular flexibility index (Phi) is 3.11. The van der Waals surface area contributed by atoms with E-state index in [1.165, 1.54) is 6.07 Å². The van der Waals surface area contributed by atoms with Gasteiger partial charge in [0, 0.05) is 0 Å². The molecule has 5 nitrogen and oxygen atoms in total. The monoisotopic (exact) mass is 222 g/mol. The zero-order chi connectivity index (χ0) is 11.4. The van der Waals surface area contributed by atoms with Gasteiger partial charge in [-0.15, -0.1) is 5.10 Å². The summed E-state index contributed by atoms with van der Waals surface area (Å²) in [7, 11) is 1.77. The van der Waals surface area contributed by atoms with Crippen LogP contribution in [0, 0.1) is 5.82 Å². The fraction of sp³-hybridized carbons (Fsp3) is 0.200. The molecular formula is C10H11FN4O. The SMILES string of the molecule is CNCc1nnc(Nc2ccccc2F)o1. The number of nitrogens with one attached hydrogen (secondary N) is 2. The molecule has 0 atom stereocenters. The minimum Gasteiger partial charge on any atom is -0.406 e. The highest BCUT2D eigenvalue weighted by atomic mass is 19.1. The molecule has 0 aliphatic rings. The molecule has 16 heavy (non-hydrogen) atoms. The van der Waals surface area contributed by atoms with Crippen LogP contribution in [0.3, 0.4) is 0 Å². The van der Waals surface area contributed by atoms with Crippen LogP contribution in [0.25, 0.3) is 0 Å². The van der Waals surface area contributed by atoms with E-state index in [0.717, 1.165) is 0 Å². The first-order valence-corrected chi connectivity index (χ1v) is 4.78. The molecule has 1 aromatic heterocycles. The zero-order valence-electron chi connectivity index (χ0n) is 8.70. The first kappa shape index (κ1) is 10.6. The maximum Gasteiger partial charge on any atom is 0.320 e. The molecule has 1 heterocycles. The van der Waals surface area contributed by atoms with E-state index in [-0.39, 0.29) is 11.8 Å². The Bertz CT molecular complexity index is 471. The van der Waals surface area contributed by atoms with Gasteiger partial charge in [0.05, 0.1) is 12.2 Å². The summed E-state index contributed by atoms with van der Waals surface area (Å²) in [6.07, 6.45) is 0. The van der Waals surface area contributed by atoms with Gasteiger partial charge in [0.25, 0.3) is 0 Å². The Morgan fingerprint density at radius 2 is 2.12 bits per heavy atom. The van der Waals surface area contributed by atoms with Gasteiger partial charge in [-0.05, 0) is 19.2 Å². The van der Waals surface area contributed by atoms with Crippen LogP contribution in [0.5, 0.6) is 0 Å². The third-order valence-corrected chi connectivity index (χ3v) is 1.91. The third kappa shape index (κ3) is 2.34. The topological polar surface area (TPSA) is 63.0 Å². The van der Waals surface area contributed by atoms with Crippen molar-refractivity contribution >= 4 is 11.7 Å². The predicted octanol–water partition coefficient (Wildman–Crippen LogP) is 1.67. The van der Waals surface area contributed by atoms with Crippen molar-refractivity contribution in [1.29, 1.82) is 0 Å². The number of hydrogen-bond acceptors (Lipinski definition) is 5. The second kappa shape index (κ2) is 4.71. The normalized spacial score (nSPS) is 10.4. The Balaban J connectivity index is 2.11. The van der Waals surface area contributed by atoms with E-state index < -0.39 is 0 Å². The molecule has 0 aliphatic heterocycles. The number of anilines is 2. The number of hydrogen-bond donors (Lipinski definition) is 2. The smallest absolute Gasteiger partial charge is 0.320 e. The summed E-state index contributed by atoms with van der Waals surface area (Å²) >= 11 is 0. The van der Waals surface area contributed by atoms with Gasteiger partial charge in [-0.25, -0.2) is 4.39 Å². The Morgan fingerprint density at radius 3 is 2.88 bits per heavy atom. The average Bonchev–Trinajstić information content (AvgIpc) is 2.70. The molecule has 1 aromatic carbocycles. The summed E-state index contributed by atoms with van der Waals surface area (Å²) in [6.45, 7) is 0.478. The summed E-state index contributed by atoms with van der Waals surface area (Å²) < 4.78 is 18.5. The summed E-state index contributed by atoms with van der Waals surface area (Å²) in [5.41, 5.74) is 0.308. The lowest BCUT2D eigenvalue weighted by atomic mass is 10.3. The average molecular weight is 222 g/mol. The van der Waals surface area contributed by atoms with Gasteiger partial charge in [0.2, 0.25) is 5.89 Å². The summed E-state index contributed by atoms with van der Waals surface area (Å²) in [5, 5.41) is 13.1. The summed E-state index contributed by atoms with van der Waals surface area (Å²) in [4.78, 5) is 0. The molecule has 6 heteroatoms. The van der Waals surface area contributed by atoms with Gasteiger partial charge in [0.1, 0.15) is 5.82 Å². The predicted molar refractivity (Wildman–Crippen MR) is 56.7 cm³/mol. The van der Waals surface area contributed by atoms with E-state index in [4.69, 9.17) is 4.42 Å². The van der Waals surface area contributed by atoms with Crippen molar-refractivity contribution in [1.82, 2.24) is 15.5 Å². The second-order valence-corrected chi connectivity index (χ2v) is 3.14. The van der Waals surface area contributed by atoms with Gasteiger partial charge >= 0.3 is 6.01 Å². The number of aromatic nitrogens is 2. The van der Waals surface area contributed by atoms with Crippen molar-refractivity contribution in [2.45, 2.75) is 6.54 Å². The van der Waals surface area contributed by atoms with E-state index in [0.29, 0.717) is 18.1 Å². The zero-order valence-corrected chi connectivity index (χ0v) is 8.70. The lowest BCUT2D eigenvalue weighted by Gasteiger charge is -2.01. The Morgan fingerprint density at radius 1 is 1.31 bits per heavy atom. The van der Waals surface area contributed by atoms with Gasteiger partial charge in [-0.3, -0.25) is 0 Å². The molecule has 0 radical (unpaired) electrons. The molecule has 0 spiro atoms. The van der Waals surface area contributed by atoms with Crippen LogP contribution in [0.2, 0.25) is 0 Å². The maximum absolute atomic E-state index is 13.3. The molecule has 84 valence electrons. The van der Waals surface area contributed by atoms with E-state index in [9.17, 15) is 4.39 Å². The largest absolute Gasteiger partial charge is 0.406 e. The van der Waals surface area contributed by atoms with Crippen LogP contribution in [0.1, 0.15) is 5.89 Å². The van der Waals surface area contributed by atoms with Crippen molar-refractivity contribution in [3.8, 4) is 0 Å². The van der Waals surface area contributed by atoms with Gasteiger partial charge in [-0.1, -0.05) is 17.2 Å². The molecule has 0 fully saturated rings. The van der Waals surface area contributed by atoms with Crippen LogP contribution in [-0.4, -0.2) is 17.2 Å². The van der Waals surface area contributed by atoms with Gasteiger partial charge in [0.15, 0.2) is 0 Å². The van der Waals surface area contributed by atoms with E-state index in [2.05, 4.69) is 20.8 Å². The molecule has 2 rings (SSSR count). The standard InChI is InChI=1S/C10H11FN4O/c1-12-6-9-14-15-10(16-9)13-8-5-3-2-4-7(8)11/h2-5,12H,6H2,1H3,(H,13,15). The van der Waals surface area contributed by atoms with E-state index in [1.54, 1.807) is 25.2 Å². The minimum absolute atomic E-state index is 0.176. The molecule has 0 amide bonds. The molecule has 0 bridgehead atoms. The van der Waals surface area contributed by atoms with E-state index in [1.807, 2.05) is 0 Å². The Labute approximate surface area is 91.7 Å². The highest BCUT2D eigenvalue weighted by Crippen LogP contribution is 2.18. The number of halogens is 1. The van der Waals surface area contributed by atoms with Crippen molar-refractivity contribution in [3.05, 3.63) is 36.0 Å². The van der Waals surface area contributed by atoms with Crippen LogP contribution in [0.4, 0.5) is 16.1 Å². The number of para-hydroxylation sites is 1. The van der Waals surface area contributed by atoms with Crippen LogP contribution in [0.15, 0.2) is 28.7 Å². The summed E-state index contributed by atoms with van der Waals surface area (Å²) in [5.74, 6) is 0.0807. The van der Waals surface area contributed by atoms with Crippen LogP contribution >= 0.6 is 0 Å². The lowest BCUT2D eigenvalue weighted by Crippen LogP contribution is -2.04. The second-order valence-electron chi connectivity index (χ2n) is 3.14. The first-order chi connectivity index (χ1) is 7.79. The number of nitrogens with zero attached hydrogens (tertiary/aromatic N) is 2. The molecule has 2 N–H and O–H groups in total. The highest BCUT2D eigenvalue weighted by Gasteiger charge is 2.07. The molecule has 2 aromatic rings. The van der Waals surface area contributed by atoms with Crippen molar-refractivity contribution in [2.75, 3.05) is 12.4 Å². The molecule has 0 saturated carbocycles. The quantitative estimate of drug-likeness (QED) is 0.823. The maximum atomic E-state index is 13.3. The fourth-order valence-electron chi connectivity index (χ4n) is 1.20. The van der Waals surface area contributed by atoms with Gasteiger partial charge < -0.3 is 15.1 Å². The summed E-state index contributed by atoms with van der Waals surface area (Å²) in [6, 6.07) is 6.46. The Hall–Kier alpha value is -1.95. The van der Waals surface area contributed by atoms with Gasteiger partial charge in [-0.2, -0.15) is 0 Å². The van der Waals surface area contributed by atoms with Crippen molar-refractivity contribution in [2.24, 2.45) is 0 Å². The number of benzene rings is 1. The van der Waals surface area contributed by atoms with Crippen LogP contribution in [-0.2, 0) is 6.54 Å². The fourth-order valence-corrected chi connectivity index (χ4v) is 1.20. The van der Waals surface area contributed by atoms with E-state index >= 15 is 0 Å². The highest BCUT2D eigenvalue weighted by molar-refractivity contribution is 5.52. The lowest BCUT2D eigenvalue weighted by molar-refractivity contribution is 0.492. The number of rotatable bonds is 4. The van der Waals surface area contributed by atoms with Crippen LogP contribution < -0.4 is 10.6 Å². The first-order valence-electron chi connectivity index (χ1n) is 4.78. The molecule has 0 unspecified atom stereocenters. The molecule has 0 saturated heterocycles. The van der Waals surface area contributed by atoms with Crippen molar-refractivity contribution < 1.29 is 8.81 Å². The molecule has 0 aliphatic carbocycles. The third-order valence-electron chi connectivity index (χ3n) is 1.91. The van der Waals surface area contributed by atoms with Crippen molar-refractivity contribution in [3.63, 3.8) is 0 Å².